The highest BCUT2D eigenvalue weighted by molar-refractivity contribution is 7.99. The number of carboxylic acid groups (broad SMARTS) is 1. The van der Waals surface area contributed by atoms with Crippen molar-refractivity contribution < 1.29 is 9.90 Å². The van der Waals surface area contributed by atoms with Crippen LogP contribution in [0.4, 0.5) is 0 Å². The number of nitrogens with one attached hydrogen (secondary N) is 1. The molecule has 0 aliphatic carbocycles. The molecule has 1 unspecified atom stereocenters. The minimum atomic E-state index is -0.884. The van der Waals surface area contributed by atoms with Crippen molar-refractivity contribution in [2.24, 2.45) is 0 Å². The molecule has 0 radical (unpaired) electrons. The first-order valence-electron chi connectivity index (χ1n) is 7.42. The standard InChI is InChI=1S/C18H21NO2S/c1-2-16(13-22-17-6-4-3-5-7-17)19-12-14-8-10-15(11-9-14)18(20)21/h3-11,16,19H,2,12-13H2,1H3,(H,20,21). The van der Waals surface area contributed by atoms with Crippen LogP contribution < -0.4 is 5.32 Å². The lowest BCUT2D eigenvalue weighted by Gasteiger charge is -2.16. The fourth-order valence-corrected chi connectivity index (χ4v) is 3.16. The van der Waals surface area contributed by atoms with Crippen molar-refractivity contribution in [3.63, 3.8) is 0 Å². The zero-order chi connectivity index (χ0) is 15.8. The molecule has 3 nitrogen and oxygen atoms in total. The Hall–Kier alpha value is -1.78. The van der Waals surface area contributed by atoms with Gasteiger partial charge in [0.15, 0.2) is 0 Å². The summed E-state index contributed by atoms with van der Waals surface area (Å²) < 4.78 is 0. The van der Waals surface area contributed by atoms with Crippen LogP contribution in [0.25, 0.3) is 0 Å². The van der Waals surface area contributed by atoms with E-state index in [-0.39, 0.29) is 0 Å². The van der Waals surface area contributed by atoms with E-state index in [2.05, 4.69) is 36.5 Å². The monoisotopic (exact) mass is 315 g/mol. The van der Waals surface area contributed by atoms with Gasteiger partial charge in [-0.1, -0.05) is 37.3 Å². The van der Waals surface area contributed by atoms with E-state index >= 15 is 0 Å². The summed E-state index contributed by atoms with van der Waals surface area (Å²) in [6.45, 7) is 2.94. The van der Waals surface area contributed by atoms with Crippen molar-refractivity contribution in [2.75, 3.05) is 5.75 Å². The minimum absolute atomic E-state index is 0.329. The second-order valence-electron chi connectivity index (χ2n) is 5.11. The molecule has 0 aromatic heterocycles. The Labute approximate surface area is 135 Å². The number of carboxylic acids is 1. The van der Waals surface area contributed by atoms with Crippen LogP contribution >= 0.6 is 11.8 Å². The summed E-state index contributed by atoms with van der Waals surface area (Å²) in [5, 5.41) is 12.4. The molecule has 0 heterocycles. The third-order valence-corrected chi connectivity index (χ3v) is 4.66. The molecule has 4 heteroatoms. The summed E-state index contributed by atoms with van der Waals surface area (Å²) in [6, 6.07) is 17.9. The normalized spacial score (nSPS) is 12.0. The highest BCUT2D eigenvalue weighted by Crippen LogP contribution is 2.19. The molecule has 0 saturated heterocycles. The van der Waals surface area contributed by atoms with Gasteiger partial charge in [-0.25, -0.2) is 4.79 Å². The molecule has 0 fully saturated rings. The number of carbonyl (C=O) groups is 1. The average Bonchev–Trinajstić information content (AvgIpc) is 2.56. The van der Waals surface area contributed by atoms with Crippen molar-refractivity contribution in [2.45, 2.75) is 30.8 Å². The van der Waals surface area contributed by atoms with Gasteiger partial charge >= 0.3 is 5.97 Å². The summed E-state index contributed by atoms with van der Waals surface area (Å²) in [5.41, 5.74) is 1.43. The molecule has 116 valence electrons. The summed E-state index contributed by atoms with van der Waals surface area (Å²) in [4.78, 5) is 12.1. The van der Waals surface area contributed by atoms with Crippen LogP contribution in [0.5, 0.6) is 0 Å². The Balaban J connectivity index is 1.81. The topological polar surface area (TPSA) is 49.3 Å². The van der Waals surface area contributed by atoms with Gasteiger partial charge in [-0.3, -0.25) is 0 Å². The van der Waals surface area contributed by atoms with Gasteiger partial charge in [-0.15, -0.1) is 11.8 Å². The van der Waals surface area contributed by atoms with Crippen molar-refractivity contribution in [3.8, 4) is 0 Å². The highest BCUT2D eigenvalue weighted by atomic mass is 32.2. The maximum Gasteiger partial charge on any atom is 0.335 e. The fourth-order valence-electron chi connectivity index (χ4n) is 2.06. The zero-order valence-corrected chi connectivity index (χ0v) is 13.5. The molecule has 2 aromatic carbocycles. The smallest absolute Gasteiger partial charge is 0.335 e. The Kier molecular flexibility index (Phi) is 6.49. The molecule has 0 aliphatic rings. The Morgan fingerprint density at radius 2 is 1.82 bits per heavy atom. The largest absolute Gasteiger partial charge is 0.478 e. The third kappa shape index (κ3) is 5.20. The molecule has 2 rings (SSSR count). The van der Waals surface area contributed by atoms with E-state index < -0.39 is 5.97 Å². The maximum absolute atomic E-state index is 10.8. The second-order valence-corrected chi connectivity index (χ2v) is 6.21. The molecule has 0 amide bonds. The van der Waals surface area contributed by atoms with Crippen LogP contribution in [-0.2, 0) is 6.54 Å². The van der Waals surface area contributed by atoms with Crippen molar-refractivity contribution in [3.05, 3.63) is 65.7 Å². The first-order valence-corrected chi connectivity index (χ1v) is 8.41. The van der Waals surface area contributed by atoms with Gasteiger partial charge in [0, 0.05) is 23.2 Å². The average molecular weight is 315 g/mol. The summed E-state index contributed by atoms with van der Waals surface area (Å²) in [7, 11) is 0. The zero-order valence-electron chi connectivity index (χ0n) is 12.7. The third-order valence-electron chi connectivity index (χ3n) is 3.48. The van der Waals surface area contributed by atoms with E-state index in [1.807, 2.05) is 30.0 Å². The second kappa shape index (κ2) is 8.61. The van der Waals surface area contributed by atoms with Gasteiger partial charge in [-0.05, 0) is 36.2 Å². The van der Waals surface area contributed by atoms with E-state index in [1.165, 1.54) is 4.90 Å². The van der Waals surface area contributed by atoms with Gasteiger partial charge in [0.2, 0.25) is 0 Å². The fraction of sp³-hybridized carbons (Fsp3) is 0.278. The maximum atomic E-state index is 10.8. The first-order chi connectivity index (χ1) is 10.7. The lowest BCUT2D eigenvalue weighted by atomic mass is 10.1. The number of aromatic carboxylic acids is 1. The number of thioether (sulfide) groups is 1. The molecule has 22 heavy (non-hydrogen) atoms. The van der Waals surface area contributed by atoms with Gasteiger partial charge in [0.05, 0.1) is 5.56 Å². The lowest BCUT2D eigenvalue weighted by molar-refractivity contribution is 0.0697. The van der Waals surface area contributed by atoms with Crippen LogP contribution in [0.3, 0.4) is 0 Å². The molecular formula is C18H21NO2S. The van der Waals surface area contributed by atoms with Crippen LogP contribution in [0, 0.1) is 0 Å². The van der Waals surface area contributed by atoms with Crippen LogP contribution in [-0.4, -0.2) is 22.9 Å². The molecule has 2 aromatic rings. The van der Waals surface area contributed by atoms with E-state index in [0.29, 0.717) is 11.6 Å². The summed E-state index contributed by atoms with van der Waals surface area (Å²) in [5.74, 6) is 0.137. The van der Waals surface area contributed by atoms with Crippen LogP contribution in [0.1, 0.15) is 29.3 Å². The number of benzene rings is 2. The van der Waals surface area contributed by atoms with E-state index in [1.54, 1.807) is 12.1 Å². The Bertz CT molecular complexity index is 584. The molecular weight excluding hydrogens is 294 g/mol. The quantitative estimate of drug-likeness (QED) is 0.722. The van der Waals surface area contributed by atoms with Crippen molar-refractivity contribution in [1.29, 1.82) is 0 Å². The van der Waals surface area contributed by atoms with Gasteiger partial charge < -0.3 is 10.4 Å². The predicted octanol–water partition coefficient (Wildman–Crippen LogP) is 4.05. The molecule has 1 atom stereocenters. The van der Waals surface area contributed by atoms with E-state index in [0.717, 1.165) is 24.3 Å². The van der Waals surface area contributed by atoms with Gasteiger partial charge in [0.1, 0.15) is 0 Å². The van der Waals surface area contributed by atoms with E-state index in [9.17, 15) is 4.79 Å². The van der Waals surface area contributed by atoms with E-state index in [4.69, 9.17) is 5.11 Å². The Morgan fingerprint density at radius 1 is 1.14 bits per heavy atom. The number of hydrogen-bond acceptors (Lipinski definition) is 3. The summed E-state index contributed by atoms with van der Waals surface area (Å²) >= 11 is 1.85. The highest BCUT2D eigenvalue weighted by Gasteiger charge is 2.07. The van der Waals surface area contributed by atoms with Gasteiger partial charge in [-0.2, -0.15) is 0 Å². The Morgan fingerprint density at radius 3 is 2.41 bits per heavy atom. The lowest BCUT2D eigenvalue weighted by Crippen LogP contribution is -2.30. The number of rotatable bonds is 8. The SMILES string of the molecule is CCC(CSc1ccccc1)NCc1ccc(C(=O)O)cc1. The molecule has 0 aliphatic heterocycles. The molecule has 2 N–H and O–H groups in total. The molecule has 0 saturated carbocycles. The van der Waals surface area contributed by atoms with Crippen LogP contribution in [0.15, 0.2) is 59.5 Å². The van der Waals surface area contributed by atoms with Gasteiger partial charge in [0.25, 0.3) is 0 Å². The van der Waals surface area contributed by atoms with Crippen molar-refractivity contribution >= 4 is 17.7 Å². The molecule has 0 bridgehead atoms. The summed E-state index contributed by atoms with van der Waals surface area (Å²) in [6.07, 6.45) is 1.06. The predicted molar refractivity (Wildman–Crippen MR) is 91.5 cm³/mol. The minimum Gasteiger partial charge on any atom is -0.478 e. The van der Waals surface area contributed by atoms with Crippen molar-refractivity contribution in [1.82, 2.24) is 5.32 Å². The first kappa shape index (κ1) is 16.6. The number of hydrogen-bond donors (Lipinski definition) is 2. The molecule has 0 spiro atoms. The van der Waals surface area contributed by atoms with Crippen LogP contribution in [0.2, 0.25) is 0 Å².